The molecule has 1 amide bonds. The van der Waals surface area contributed by atoms with Crippen LogP contribution in [0.1, 0.15) is 49.5 Å². The van der Waals surface area contributed by atoms with Gasteiger partial charge in [0.1, 0.15) is 11.5 Å². The highest BCUT2D eigenvalue weighted by atomic mass is 35.5. The van der Waals surface area contributed by atoms with Crippen molar-refractivity contribution in [2.75, 3.05) is 5.73 Å². The van der Waals surface area contributed by atoms with Gasteiger partial charge in [0.25, 0.3) is 5.91 Å². The first kappa shape index (κ1) is 14.1. The molecule has 0 aliphatic heterocycles. The Kier molecular flexibility index (Phi) is 4.64. The number of carbonyl (C=O) groups excluding carboxylic acids is 1. The van der Waals surface area contributed by atoms with E-state index in [0.29, 0.717) is 10.8 Å². The van der Waals surface area contributed by atoms with Crippen molar-refractivity contribution in [2.24, 2.45) is 5.92 Å². The molecule has 1 heterocycles. The number of rotatable bonds is 3. The van der Waals surface area contributed by atoms with Crippen LogP contribution in [0.15, 0.2) is 12.1 Å². The van der Waals surface area contributed by atoms with Gasteiger partial charge in [-0.3, -0.25) is 4.79 Å². The van der Waals surface area contributed by atoms with Gasteiger partial charge in [-0.25, -0.2) is 4.98 Å². The van der Waals surface area contributed by atoms with Gasteiger partial charge >= 0.3 is 0 Å². The Hall–Kier alpha value is -1.29. The van der Waals surface area contributed by atoms with Gasteiger partial charge in [-0.2, -0.15) is 0 Å². The topological polar surface area (TPSA) is 68.0 Å². The van der Waals surface area contributed by atoms with E-state index in [1.807, 2.05) is 0 Å². The van der Waals surface area contributed by atoms with E-state index in [-0.39, 0.29) is 17.6 Å². The van der Waals surface area contributed by atoms with Crippen LogP contribution in [0.5, 0.6) is 0 Å². The van der Waals surface area contributed by atoms with Crippen LogP contribution < -0.4 is 11.1 Å². The van der Waals surface area contributed by atoms with E-state index >= 15 is 0 Å². The van der Waals surface area contributed by atoms with Crippen molar-refractivity contribution in [3.8, 4) is 0 Å². The van der Waals surface area contributed by atoms with Crippen molar-refractivity contribution in [1.29, 1.82) is 0 Å². The van der Waals surface area contributed by atoms with Crippen molar-refractivity contribution in [1.82, 2.24) is 10.3 Å². The fraction of sp³-hybridized carbons (Fsp3) is 0.571. The first-order valence-corrected chi connectivity index (χ1v) is 7.20. The summed E-state index contributed by atoms with van der Waals surface area (Å²) >= 11 is 5.98. The summed E-state index contributed by atoms with van der Waals surface area (Å²) in [7, 11) is 0. The average Bonchev–Trinajstić information content (AvgIpc) is 2.42. The fourth-order valence-electron chi connectivity index (χ4n) is 2.59. The second kappa shape index (κ2) is 6.24. The molecule has 1 fully saturated rings. The number of nitrogens with one attached hydrogen (secondary N) is 1. The van der Waals surface area contributed by atoms with Gasteiger partial charge in [-0.1, -0.05) is 24.9 Å². The van der Waals surface area contributed by atoms with E-state index in [1.165, 1.54) is 19.3 Å². The minimum Gasteiger partial charge on any atom is -0.384 e. The Bertz CT molecular complexity index is 456. The number of pyridine rings is 1. The van der Waals surface area contributed by atoms with Crippen molar-refractivity contribution >= 4 is 23.3 Å². The highest BCUT2D eigenvalue weighted by Crippen LogP contribution is 2.26. The van der Waals surface area contributed by atoms with Crippen LogP contribution in [0.4, 0.5) is 5.82 Å². The lowest BCUT2D eigenvalue weighted by molar-refractivity contribution is 0.0917. The molecule has 0 spiro atoms. The summed E-state index contributed by atoms with van der Waals surface area (Å²) in [6.07, 6.45) is 5.65. The van der Waals surface area contributed by atoms with Gasteiger partial charge < -0.3 is 11.1 Å². The second-order valence-corrected chi connectivity index (χ2v) is 5.57. The average molecular weight is 282 g/mol. The maximum atomic E-state index is 12.1. The summed E-state index contributed by atoms with van der Waals surface area (Å²) in [4.78, 5) is 16.1. The predicted octanol–water partition coefficient (Wildman–Crippen LogP) is 3.02. The number of carbonyl (C=O) groups is 1. The van der Waals surface area contributed by atoms with Gasteiger partial charge in [-0.05, 0) is 43.7 Å². The molecule has 0 saturated heterocycles. The van der Waals surface area contributed by atoms with E-state index in [1.54, 1.807) is 12.1 Å². The molecule has 1 aromatic rings. The van der Waals surface area contributed by atoms with Crippen molar-refractivity contribution < 1.29 is 4.79 Å². The highest BCUT2D eigenvalue weighted by Gasteiger charge is 2.23. The van der Waals surface area contributed by atoms with Gasteiger partial charge in [-0.15, -0.1) is 0 Å². The van der Waals surface area contributed by atoms with E-state index in [9.17, 15) is 4.79 Å². The zero-order chi connectivity index (χ0) is 13.8. The minimum absolute atomic E-state index is 0.222. The van der Waals surface area contributed by atoms with Crippen LogP contribution in [-0.2, 0) is 0 Å². The molecule has 0 unspecified atom stereocenters. The predicted molar refractivity (Wildman–Crippen MR) is 77.2 cm³/mol. The molecule has 1 aromatic heterocycles. The Morgan fingerprint density at radius 2 is 2.11 bits per heavy atom. The molecule has 5 heteroatoms. The van der Waals surface area contributed by atoms with Crippen molar-refractivity contribution in [3.63, 3.8) is 0 Å². The number of nitrogens with zero attached hydrogens (tertiary/aromatic N) is 1. The summed E-state index contributed by atoms with van der Waals surface area (Å²) in [6.45, 7) is 2.22. The second-order valence-electron chi connectivity index (χ2n) is 5.17. The number of anilines is 1. The third kappa shape index (κ3) is 3.60. The lowest BCUT2D eigenvalue weighted by atomic mass is 9.84. The van der Waals surface area contributed by atoms with Crippen LogP contribution in [0.2, 0.25) is 5.02 Å². The number of nitrogens with two attached hydrogens (primary N) is 1. The maximum absolute atomic E-state index is 12.1. The molecule has 1 saturated carbocycles. The van der Waals surface area contributed by atoms with Crippen molar-refractivity contribution in [3.05, 3.63) is 22.8 Å². The van der Waals surface area contributed by atoms with E-state index < -0.39 is 0 Å². The first-order valence-electron chi connectivity index (χ1n) is 6.83. The Labute approximate surface area is 118 Å². The fourth-order valence-corrected chi connectivity index (χ4v) is 2.78. The molecule has 0 radical (unpaired) electrons. The zero-order valence-electron chi connectivity index (χ0n) is 11.2. The monoisotopic (exact) mass is 281 g/mol. The number of halogens is 1. The molecule has 19 heavy (non-hydrogen) atoms. The quantitative estimate of drug-likeness (QED) is 0.895. The first-order chi connectivity index (χ1) is 9.10. The number of aromatic nitrogens is 1. The number of hydrogen-bond donors (Lipinski definition) is 2. The van der Waals surface area contributed by atoms with Crippen LogP contribution >= 0.6 is 11.6 Å². The zero-order valence-corrected chi connectivity index (χ0v) is 11.9. The molecule has 1 aliphatic carbocycles. The van der Waals surface area contributed by atoms with Gasteiger partial charge in [0.2, 0.25) is 0 Å². The summed E-state index contributed by atoms with van der Waals surface area (Å²) in [5.74, 6) is 0.892. The molecule has 4 nitrogen and oxygen atoms in total. The number of hydrogen-bond acceptors (Lipinski definition) is 3. The van der Waals surface area contributed by atoms with Crippen molar-refractivity contribution in [2.45, 2.75) is 45.1 Å². The molecule has 2 rings (SSSR count). The summed E-state index contributed by atoms with van der Waals surface area (Å²) in [6, 6.07) is 3.42. The SMILES string of the molecule is CCC1CCC(NC(=O)c2nc(N)ccc2Cl)CC1. The maximum Gasteiger partial charge on any atom is 0.271 e. The number of amides is 1. The Morgan fingerprint density at radius 3 is 2.74 bits per heavy atom. The van der Waals surface area contributed by atoms with Crippen LogP contribution in [0.3, 0.4) is 0 Å². The van der Waals surface area contributed by atoms with E-state index in [4.69, 9.17) is 17.3 Å². The largest absolute Gasteiger partial charge is 0.384 e. The molecule has 0 bridgehead atoms. The molecular formula is C14H20ClN3O. The molecule has 104 valence electrons. The molecule has 3 N–H and O–H groups in total. The van der Waals surface area contributed by atoms with Crippen LogP contribution in [0.25, 0.3) is 0 Å². The normalized spacial score (nSPS) is 23.1. The minimum atomic E-state index is -0.225. The Balaban J connectivity index is 1.96. The van der Waals surface area contributed by atoms with Gasteiger partial charge in [0, 0.05) is 6.04 Å². The smallest absolute Gasteiger partial charge is 0.271 e. The number of nitrogen functional groups attached to an aromatic ring is 1. The molecule has 0 atom stereocenters. The van der Waals surface area contributed by atoms with Gasteiger partial charge in [0.05, 0.1) is 5.02 Å². The third-order valence-electron chi connectivity index (χ3n) is 3.84. The lowest BCUT2D eigenvalue weighted by Crippen LogP contribution is -2.38. The van der Waals surface area contributed by atoms with E-state index in [2.05, 4.69) is 17.2 Å². The lowest BCUT2D eigenvalue weighted by Gasteiger charge is -2.28. The molecular weight excluding hydrogens is 262 g/mol. The summed E-state index contributed by atoms with van der Waals surface area (Å²) in [5.41, 5.74) is 5.81. The summed E-state index contributed by atoms with van der Waals surface area (Å²) in [5, 5.41) is 3.35. The van der Waals surface area contributed by atoms with Crippen LogP contribution in [0, 0.1) is 5.92 Å². The Morgan fingerprint density at radius 1 is 1.42 bits per heavy atom. The molecule has 0 aromatic carbocycles. The third-order valence-corrected chi connectivity index (χ3v) is 4.15. The summed E-state index contributed by atoms with van der Waals surface area (Å²) < 4.78 is 0. The highest BCUT2D eigenvalue weighted by molar-refractivity contribution is 6.33. The standard InChI is InChI=1S/C14H20ClN3O/c1-2-9-3-5-10(6-4-9)17-14(19)13-11(15)7-8-12(16)18-13/h7-10H,2-6H2,1H3,(H2,16,18)(H,17,19). The van der Waals surface area contributed by atoms with Gasteiger partial charge in [0.15, 0.2) is 0 Å². The van der Waals surface area contributed by atoms with E-state index in [0.717, 1.165) is 18.8 Å². The molecule has 1 aliphatic rings. The van der Waals surface area contributed by atoms with Crippen LogP contribution in [-0.4, -0.2) is 16.9 Å².